The molecule has 1 N–H and O–H groups in total. The number of nitrogens with zero attached hydrogens (tertiary/aromatic N) is 2. The third kappa shape index (κ3) is 3.75. The van der Waals surface area contributed by atoms with Crippen LogP contribution in [0.5, 0.6) is 0 Å². The maximum Gasteiger partial charge on any atom is 0.223 e. The molecule has 0 unspecified atom stereocenters. The fraction of sp³-hybridized carbons (Fsp3) is 0.444. The van der Waals surface area contributed by atoms with Crippen molar-refractivity contribution in [2.24, 2.45) is 5.92 Å². The Labute approximate surface area is 132 Å². The largest absolute Gasteiger partial charge is 0.349 e. The van der Waals surface area contributed by atoms with Crippen LogP contribution in [-0.4, -0.2) is 15.5 Å². The molecule has 0 aliphatic heterocycles. The minimum Gasteiger partial charge on any atom is -0.349 e. The van der Waals surface area contributed by atoms with Crippen molar-refractivity contribution in [2.75, 3.05) is 0 Å². The van der Waals surface area contributed by atoms with E-state index in [1.165, 1.54) is 0 Å². The molecule has 118 valence electrons. The zero-order valence-corrected chi connectivity index (χ0v) is 13.8. The summed E-state index contributed by atoms with van der Waals surface area (Å²) in [7, 11) is 0. The Kier molecular flexibility index (Phi) is 5.36. The lowest BCUT2D eigenvalue weighted by Gasteiger charge is -2.18. The Hall–Kier alpha value is -2.10. The van der Waals surface area contributed by atoms with Crippen molar-refractivity contribution in [2.45, 2.75) is 46.6 Å². The number of hydrogen-bond donors (Lipinski definition) is 1. The molecule has 0 radical (unpaired) electrons. The van der Waals surface area contributed by atoms with Crippen LogP contribution in [-0.2, 0) is 4.79 Å². The summed E-state index contributed by atoms with van der Waals surface area (Å²) in [6.45, 7) is 8.08. The van der Waals surface area contributed by atoms with Crippen LogP contribution in [0, 0.1) is 12.8 Å². The Morgan fingerprint density at radius 3 is 2.50 bits per heavy atom. The third-order valence-electron chi connectivity index (χ3n) is 4.03. The summed E-state index contributed by atoms with van der Waals surface area (Å²) in [5, 5.41) is 3.09. The van der Waals surface area contributed by atoms with Crippen molar-refractivity contribution in [1.82, 2.24) is 14.9 Å². The summed E-state index contributed by atoms with van der Waals surface area (Å²) in [6, 6.07) is 8.25. The zero-order valence-electron chi connectivity index (χ0n) is 13.8. The number of rotatable bonds is 6. The summed E-state index contributed by atoms with van der Waals surface area (Å²) >= 11 is 0. The third-order valence-corrected chi connectivity index (χ3v) is 4.03. The average molecular weight is 299 g/mol. The molecule has 4 heteroatoms. The highest BCUT2D eigenvalue weighted by Gasteiger charge is 2.15. The van der Waals surface area contributed by atoms with Crippen molar-refractivity contribution in [3.63, 3.8) is 0 Å². The molecule has 0 fully saturated rings. The van der Waals surface area contributed by atoms with Crippen LogP contribution in [0.25, 0.3) is 5.69 Å². The van der Waals surface area contributed by atoms with Gasteiger partial charge in [-0.15, -0.1) is 0 Å². The Balaban J connectivity index is 2.04. The van der Waals surface area contributed by atoms with E-state index in [0.717, 1.165) is 29.9 Å². The van der Waals surface area contributed by atoms with E-state index in [0.29, 0.717) is 0 Å². The van der Waals surface area contributed by atoms with E-state index >= 15 is 0 Å². The van der Waals surface area contributed by atoms with Crippen molar-refractivity contribution in [1.29, 1.82) is 0 Å². The van der Waals surface area contributed by atoms with Crippen molar-refractivity contribution < 1.29 is 4.79 Å². The molecule has 22 heavy (non-hydrogen) atoms. The molecule has 1 heterocycles. The second-order valence-electron chi connectivity index (χ2n) is 5.86. The van der Waals surface area contributed by atoms with Gasteiger partial charge in [0, 0.05) is 24.0 Å². The van der Waals surface area contributed by atoms with E-state index in [2.05, 4.69) is 41.5 Å². The fourth-order valence-electron chi connectivity index (χ4n) is 2.58. The second kappa shape index (κ2) is 7.25. The van der Waals surface area contributed by atoms with Gasteiger partial charge in [-0.1, -0.05) is 32.4 Å². The summed E-state index contributed by atoms with van der Waals surface area (Å²) in [6.07, 6.45) is 5.70. The number of nitrogens with one attached hydrogen (secondary N) is 1. The molecule has 0 aliphatic carbocycles. The minimum atomic E-state index is 0.0183. The minimum absolute atomic E-state index is 0.0183. The molecule has 1 amide bonds. The fourth-order valence-corrected chi connectivity index (χ4v) is 2.58. The maximum atomic E-state index is 12.1. The Morgan fingerprint density at radius 2 is 1.95 bits per heavy atom. The van der Waals surface area contributed by atoms with Gasteiger partial charge in [-0.2, -0.15) is 0 Å². The molecule has 1 aromatic carbocycles. The number of carbonyl (C=O) groups excluding carboxylic acids is 1. The van der Waals surface area contributed by atoms with Crippen LogP contribution in [0.15, 0.2) is 36.7 Å². The van der Waals surface area contributed by atoms with Crippen molar-refractivity contribution in [3.05, 3.63) is 48.0 Å². The highest BCUT2D eigenvalue weighted by atomic mass is 16.1. The van der Waals surface area contributed by atoms with Gasteiger partial charge in [0.2, 0.25) is 5.91 Å². The first-order valence-electron chi connectivity index (χ1n) is 7.93. The summed E-state index contributed by atoms with van der Waals surface area (Å²) in [5.74, 6) is 1.16. The van der Waals surface area contributed by atoms with Gasteiger partial charge in [0.25, 0.3) is 0 Å². The van der Waals surface area contributed by atoms with Crippen molar-refractivity contribution >= 4 is 5.91 Å². The smallest absolute Gasteiger partial charge is 0.223 e. The van der Waals surface area contributed by atoms with Gasteiger partial charge >= 0.3 is 0 Å². The second-order valence-corrected chi connectivity index (χ2v) is 5.86. The highest BCUT2D eigenvalue weighted by molar-refractivity contribution is 5.78. The van der Waals surface area contributed by atoms with Crippen LogP contribution in [0.1, 0.15) is 51.0 Å². The number of aryl methyl sites for hydroxylation is 1. The highest BCUT2D eigenvalue weighted by Crippen LogP contribution is 2.17. The van der Waals surface area contributed by atoms with Gasteiger partial charge in [-0.05, 0) is 38.0 Å². The average Bonchev–Trinajstić information content (AvgIpc) is 2.93. The summed E-state index contributed by atoms with van der Waals surface area (Å²) < 4.78 is 2.04. The molecule has 0 aliphatic rings. The van der Waals surface area contributed by atoms with Crippen LogP contribution >= 0.6 is 0 Å². The van der Waals surface area contributed by atoms with Gasteiger partial charge in [0.1, 0.15) is 5.82 Å². The number of imidazole rings is 1. The molecule has 2 rings (SSSR count). The molecule has 0 saturated carbocycles. The van der Waals surface area contributed by atoms with Crippen LogP contribution in [0.2, 0.25) is 0 Å². The van der Waals surface area contributed by atoms with Gasteiger partial charge in [0.15, 0.2) is 0 Å². The quantitative estimate of drug-likeness (QED) is 0.882. The van der Waals surface area contributed by atoms with Crippen LogP contribution in [0.3, 0.4) is 0 Å². The first kappa shape index (κ1) is 16.3. The van der Waals surface area contributed by atoms with E-state index in [1.54, 1.807) is 6.20 Å². The summed E-state index contributed by atoms with van der Waals surface area (Å²) in [5.41, 5.74) is 2.19. The molecule has 4 nitrogen and oxygen atoms in total. The molecular weight excluding hydrogens is 274 g/mol. The van der Waals surface area contributed by atoms with Gasteiger partial charge in [-0.25, -0.2) is 4.98 Å². The van der Waals surface area contributed by atoms with Gasteiger partial charge in [-0.3, -0.25) is 4.79 Å². The first-order chi connectivity index (χ1) is 10.5. The van der Waals surface area contributed by atoms with E-state index in [9.17, 15) is 4.79 Å². The number of amides is 1. The van der Waals surface area contributed by atoms with E-state index in [1.807, 2.05) is 31.5 Å². The van der Waals surface area contributed by atoms with Gasteiger partial charge < -0.3 is 9.88 Å². The van der Waals surface area contributed by atoms with Gasteiger partial charge in [0.05, 0.1) is 6.04 Å². The number of carbonyl (C=O) groups is 1. The molecule has 0 saturated heterocycles. The lowest BCUT2D eigenvalue weighted by atomic mass is 10.0. The Bertz CT molecular complexity index is 616. The molecule has 1 aromatic heterocycles. The Morgan fingerprint density at radius 1 is 1.27 bits per heavy atom. The first-order valence-corrected chi connectivity index (χ1v) is 7.93. The molecular formula is C18H25N3O. The van der Waals surface area contributed by atoms with Crippen LogP contribution in [0.4, 0.5) is 0 Å². The zero-order chi connectivity index (χ0) is 16.1. The normalized spacial score (nSPS) is 13.6. The standard InChI is InChI=1S/C18H25N3O/c1-5-6-13(2)18(22)20-14(3)16-7-9-17(10-8-16)21-12-11-19-15(21)4/h7-14H,5-6H2,1-4H3,(H,20,22)/t13-,14-/m0/s1. The SMILES string of the molecule is CCC[C@H](C)C(=O)N[C@@H](C)c1ccc(-n2ccnc2C)cc1. The van der Waals surface area contributed by atoms with E-state index in [4.69, 9.17) is 0 Å². The number of aromatic nitrogens is 2. The topological polar surface area (TPSA) is 46.9 Å². The van der Waals surface area contributed by atoms with E-state index in [-0.39, 0.29) is 17.9 Å². The van der Waals surface area contributed by atoms with Crippen molar-refractivity contribution in [3.8, 4) is 5.69 Å². The summed E-state index contributed by atoms with van der Waals surface area (Å²) in [4.78, 5) is 16.3. The maximum absolute atomic E-state index is 12.1. The predicted molar refractivity (Wildman–Crippen MR) is 88.9 cm³/mol. The lowest BCUT2D eigenvalue weighted by Crippen LogP contribution is -2.31. The predicted octanol–water partition coefficient (Wildman–Crippen LogP) is 3.79. The van der Waals surface area contributed by atoms with Crippen LogP contribution < -0.4 is 5.32 Å². The number of hydrogen-bond acceptors (Lipinski definition) is 2. The van der Waals surface area contributed by atoms with E-state index < -0.39 is 0 Å². The molecule has 2 atom stereocenters. The number of benzene rings is 1. The molecule has 0 bridgehead atoms. The molecule has 0 spiro atoms. The lowest BCUT2D eigenvalue weighted by molar-refractivity contribution is -0.125. The molecule has 2 aromatic rings. The monoisotopic (exact) mass is 299 g/mol.